The van der Waals surface area contributed by atoms with E-state index >= 15 is 0 Å². The molecule has 2 fully saturated rings. The molecule has 1 saturated carbocycles. The molecule has 0 aromatic carbocycles. The van der Waals surface area contributed by atoms with Crippen LogP contribution >= 0.6 is 0 Å². The predicted octanol–water partition coefficient (Wildman–Crippen LogP) is 2.29. The third-order valence-corrected chi connectivity index (χ3v) is 3.72. The molecule has 0 unspecified atom stereocenters. The number of rotatable bonds is 2. The lowest BCUT2D eigenvalue weighted by Crippen LogP contribution is -2.68. The zero-order valence-electron chi connectivity index (χ0n) is 9.97. The number of hydrogen-bond acceptors (Lipinski definition) is 2. The maximum absolute atomic E-state index is 5.61. The number of nitrogens with zero attached hydrogens (tertiary/aromatic N) is 1. The van der Waals surface area contributed by atoms with Crippen LogP contribution in [0.15, 0.2) is 0 Å². The Balaban J connectivity index is 1.74. The van der Waals surface area contributed by atoms with Gasteiger partial charge in [-0.05, 0) is 40.5 Å². The van der Waals surface area contributed by atoms with Crippen molar-refractivity contribution < 1.29 is 4.74 Å². The average molecular weight is 197 g/mol. The Morgan fingerprint density at radius 1 is 1.29 bits per heavy atom. The van der Waals surface area contributed by atoms with Crippen LogP contribution < -0.4 is 0 Å². The van der Waals surface area contributed by atoms with Crippen LogP contribution in [-0.4, -0.2) is 36.2 Å². The van der Waals surface area contributed by atoms with Crippen molar-refractivity contribution in [2.45, 2.75) is 52.2 Å². The summed E-state index contributed by atoms with van der Waals surface area (Å²) in [5.74, 6) is 0. The molecule has 0 bridgehead atoms. The van der Waals surface area contributed by atoms with E-state index in [9.17, 15) is 0 Å². The van der Waals surface area contributed by atoms with Crippen LogP contribution in [0.1, 0.15) is 40.5 Å². The Morgan fingerprint density at radius 3 is 2.29 bits per heavy atom. The molecule has 1 aliphatic carbocycles. The van der Waals surface area contributed by atoms with Crippen LogP contribution in [0.25, 0.3) is 0 Å². The summed E-state index contributed by atoms with van der Waals surface area (Å²) in [6.07, 6.45) is 3.17. The molecule has 0 aromatic rings. The predicted molar refractivity (Wildman–Crippen MR) is 58.4 cm³/mol. The van der Waals surface area contributed by atoms with E-state index in [1.165, 1.54) is 25.9 Å². The highest BCUT2D eigenvalue weighted by molar-refractivity contribution is 5.07. The molecule has 2 nitrogen and oxygen atoms in total. The van der Waals surface area contributed by atoms with E-state index in [-0.39, 0.29) is 0 Å². The van der Waals surface area contributed by atoms with Crippen molar-refractivity contribution in [2.24, 2.45) is 5.41 Å². The molecular formula is C12H23NO. The highest BCUT2D eigenvalue weighted by Gasteiger charge is 2.54. The molecule has 0 radical (unpaired) electrons. The molecule has 2 aliphatic rings. The summed E-state index contributed by atoms with van der Waals surface area (Å²) < 4.78 is 5.61. The van der Waals surface area contributed by atoms with Gasteiger partial charge in [0, 0.05) is 30.7 Å². The van der Waals surface area contributed by atoms with Gasteiger partial charge in [0.15, 0.2) is 0 Å². The summed E-state index contributed by atoms with van der Waals surface area (Å²) in [6.45, 7) is 12.5. The van der Waals surface area contributed by atoms with Gasteiger partial charge in [-0.2, -0.15) is 0 Å². The normalized spacial score (nSPS) is 27.4. The molecule has 0 N–H and O–H groups in total. The first-order valence-electron chi connectivity index (χ1n) is 5.82. The Morgan fingerprint density at radius 2 is 1.86 bits per heavy atom. The highest BCUT2D eigenvalue weighted by atomic mass is 16.5. The first kappa shape index (κ1) is 10.4. The Hall–Kier alpha value is -0.0800. The van der Waals surface area contributed by atoms with Gasteiger partial charge < -0.3 is 4.74 Å². The first-order valence-corrected chi connectivity index (χ1v) is 5.82. The number of hydrogen-bond donors (Lipinski definition) is 0. The van der Waals surface area contributed by atoms with Crippen LogP contribution in [-0.2, 0) is 4.74 Å². The molecule has 1 aliphatic heterocycles. The topological polar surface area (TPSA) is 12.5 Å². The second kappa shape index (κ2) is 3.21. The van der Waals surface area contributed by atoms with Gasteiger partial charge in [-0.3, -0.25) is 4.90 Å². The van der Waals surface area contributed by atoms with Crippen LogP contribution in [0.2, 0.25) is 0 Å². The average Bonchev–Trinajstić information content (AvgIpc) is 1.88. The van der Waals surface area contributed by atoms with Gasteiger partial charge in [-0.1, -0.05) is 0 Å². The molecule has 14 heavy (non-hydrogen) atoms. The zero-order valence-corrected chi connectivity index (χ0v) is 9.97. The smallest absolute Gasteiger partial charge is 0.0587 e. The maximum Gasteiger partial charge on any atom is 0.0587 e. The summed E-state index contributed by atoms with van der Waals surface area (Å²) in [5.41, 5.74) is 1.01. The summed E-state index contributed by atoms with van der Waals surface area (Å²) in [7, 11) is 0. The third kappa shape index (κ3) is 1.70. The number of likely N-dealkylation sites (tertiary alicyclic amines) is 1. The van der Waals surface area contributed by atoms with Gasteiger partial charge >= 0.3 is 0 Å². The van der Waals surface area contributed by atoms with E-state index in [0.717, 1.165) is 6.61 Å². The second-order valence-electron chi connectivity index (χ2n) is 6.01. The fraction of sp³-hybridized carbons (Fsp3) is 1.00. The van der Waals surface area contributed by atoms with E-state index in [1.54, 1.807) is 0 Å². The Kier molecular flexibility index (Phi) is 2.39. The van der Waals surface area contributed by atoms with E-state index < -0.39 is 0 Å². The second-order valence-corrected chi connectivity index (χ2v) is 6.01. The molecule has 1 spiro atoms. The lowest BCUT2D eigenvalue weighted by atomic mass is 9.61. The fourth-order valence-corrected chi connectivity index (χ4v) is 2.76. The number of ether oxygens (including phenoxy) is 1. The van der Waals surface area contributed by atoms with Gasteiger partial charge in [0.25, 0.3) is 0 Å². The van der Waals surface area contributed by atoms with Crippen molar-refractivity contribution in [3.05, 3.63) is 0 Å². The van der Waals surface area contributed by atoms with Crippen molar-refractivity contribution in [1.29, 1.82) is 0 Å². The molecule has 2 rings (SSSR count). The van der Waals surface area contributed by atoms with Crippen molar-refractivity contribution in [2.75, 3.05) is 19.7 Å². The van der Waals surface area contributed by atoms with Gasteiger partial charge in [-0.25, -0.2) is 0 Å². The summed E-state index contributed by atoms with van der Waals surface area (Å²) in [6, 6.07) is 0. The van der Waals surface area contributed by atoms with Crippen molar-refractivity contribution in [3.63, 3.8) is 0 Å². The molecule has 0 aromatic heterocycles. The minimum atomic E-state index is 0.363. The molecule has 0 amide bonds. The minimum Gasteiger partial charge on any atom is -0.378 e. The first-order chi connectivity index (χ1) is 6.45. The van der Waals surface area contributed by atoms with Gasteiger partial charge in [0.1, 0.15) is 0 Å². The minimum absolute atomic E-state index is 0.363. The van der Waals surface area contributed by atoms with Gasteiger partial charge in [0.05, 0.1) is 6.10 Å². The molecular weight excluding hydrogens is 174 g/mol. The lowest BCUT2D eigenvalue weighted by molar-refractivity contribution is -0.170. The standard InChI is InChI=1S/C12H23NO/c1-5-14-10-6-12(7-10)8-13(9-12)11(2,3)4/h10H,5-9H2,1-4H3. The third-order valence-electron chi connectivity index (χ3n) is 3.72. The van der Waals surface area contributed by atoms with Gasteiger partial charge in [0.2, 0.25) is 0 Å². The molecule has 1 saturated heterocycles. The van der Waals surface area contributed by atoms with Gasteiger partial charge in [-0.15, -0.1) is 0 Å². The maximum atomic E-state index is 5.61. The van der Waals surface area contributed by atoms with Crippen LogP contribution in [0.5, 0.6) is 0 Å². The monoisotopic (exact) mass is 197 g/mol. The highest BCUT2D eigenvalue weighted by Crippen LogP contribution is 2.51. The SMILES string of the molecule is CCOC1CC2(C1)CN(C(C)(C)C)C2. The molecule has 0 atom stereocenters. The Labute approximate surface area is 87.6 Å². The Bertz CT molecular complexity index is 205. The molecule has 2 heteroatoms. The quantitative estimate of drug-likeness (QED) is 0.673. The lowest BCUT2D eigenvalue weighted by Gasteiger charge is -2.62. The van der Waals surface area contributed by atoms with Crippen molar-refractivity contribution >= 4 is 0 Å². The van der Waals surface area contributed by atoms with E-state index in [2.05, 4.69) is 32.6 Å². The van der Waals surface area contributed by atoms with E-state index in [0.29, 0.717) is 17.1 Å². The van der Waals surface area contributed by atoms with Crippen molar-refractivity contribution in [1.82, 2.24) is 4.90 Å². The molecule has 82 valence electrons. The summed E-state index contributed by atoms with van der Waals surface area (Å²) in [4.78, 5) is 2.58. The fourth-order valence-electron chi connectivity index (χ4n) is 2.76. The van der Waals surface area contributed by atoms with E-state index in [4.69, 9.17) is 4.74 Å². The molecule has 1 heterocycles. The largest absolute Gasteiger partial charge is 0.378 e. The van der Waals surface area contributed by atoms with Crippen LogP contribution in [0.4, 0.5) is 0 Å². The van der Waals surface area contributed by atoms with Crippen LogP contribution in [0.3, 0.4) is 0 Å². The van der Waals surface area contributed by atoms with Crippen molar-refractivity contribution in [3.8, 4) is 0 Å². The summed E-state index contributed by atoms with van der Waals surface area (Å²) in [5, 5.41) is 0. The van der Waals surface area contributed by atoms with Crippen LogP contribution in [0, 0.1) is 5.41 Å². The zero-order chi connectivity index (χ0) is 10.4. The summed E-state index contributed by atoms with van der Waals surface area (Å²) >= 11 is 0. The van der Waals surface area contributed by atoms with E-state index in [1.807, 2.05) is 0 Å².